The maximum Gasteiger partial charge on any atom is 0.256 e. The highest BCUT2D eigenvalue weighted by Gasteiger charge is 2.21. The van der Waals surface area contributed by atoms with Crippen LogP contribution in [0.5, 0.6) is 0 Å². The van der Waals surface area contributed by atoms with E-state index in [9.17, 15) is 8.78 Å². The van der Waals surface area contributed by atoms with Gasteiger partial charge in [0, 0.05) is 16.3 Å². The summed E-state index contributed by atoms with van der Waals surface area (Å²) in [7, 11) is 0. The molecule has 0 unspecified atom stereocenters. The van der Waals surface area contributed by atoms with Gasteiger partial charge in [-0.15, -0.1) is 0 Å². The molecular weight excluding hydrogens is 291 g/mol. The van der Waals surface area contributed by atoms with Gasteiger partial charge >= 0.3 is 0 Å². The normalized spacial score (nSPS) is 15.1. The molecule has 1 aromatic carbocycles. The van der Waals surface area contributed by atoms with Crippen LogP contribution in [0.1, 0.15) is 5.56 Å². The minimum atomic E-state index is -2.46. The van der Waals surface area contributed by atoms with Crippen LogP contribution < -0.4 is 0 Å². The lowest BCUT2D eigenvalue weighted by atomic mass is 10.1. The van der Waals surface area contributed by atoms with Crippen LogP contribution in [-0.2, 0) is 0 Å². The van der Waals surface area contributed by atoms with Crippen LogP contribution in [0, 0.1) is 0 Å². The fraction of sp³-hybridized carbons (Fsp3) is 0.143. The first kappa shape index (κ1) is 14.1. The maximum absolute atomic E-state index is 12.7. The first-order chi connectivity index (χ1) is 8.99. The quantitative estimate of drug-likeness (QED) is 0.760. The Morgan fingerprint density at radius 2 is 2.00 bits per heavy atom. The summed E-state index contributed by atoms with van der Waals surface area (Å²) in [6.07, 6.45) is 2.70. The number of allylic oxidation sites excluding steroid dienone is 3. The Bertz CT molecular complexity index is 565. The third-order valence-electron chi connectivity index (χ3n) is 2.71. The molecule has 19 heavy (non-hydrogen) atoms. The highest BCUT2D eigenvalue weighted by Crippen LogP contribution is 2.33. The van der Waals surface area contributed by atoms with Gasteiger partial charge in [0.2, 0.25) is 0 Å². The summed E-state index contributed by atoms with van der Waals surface area (Å²) in [6.45, 7) is 3.34. The number of halogens is 4. The van der Waals surface area contributed by atoms with Crippen molar-refractivity contribution in [1.82, 2.24) is 4.90 Å². The maximum atomic E-state index is 12.7. The van der Waals surface area contributed by atoms with Gasteiger partial charge in [0.1, 0.15) is 0 Å². The molecule has 0 N–H and O–H groups in total. The van der Waals surface area contributed by atoms with Gasteiger partial charge in [0.25, 0.3) is 6.43 Å². The summed E-state index contributed by atoms with van der Waals surface area (Å²) < 4.78 is 25.3. The molecular formula is C14H11Cl2F2N. The van der Waals surface area contributed by atoms with Crippen LogP contribution in [0.15, 0.2) is 48.7 Å². The molecule has 0 atom stereocenters. The lowest BCUT2D eigenvalue weighted by molar-refractivity contribution is 0.123. The molecule has 0 aromatic heterocycles. The molecule has 100 valence electrons. The van der Waals surface area contributed by atoms with Crippen LogP contribution >= 0.6 is 23.2 Å². The molecule has 0 aliphatic carbocycles. The first-order valence-corrected chi connectivity index (χ1v) is 6.33. The Labute approximate surface area is 120 Å². The van der Waals surface area contributed by atoms with E-state index in [-0.39, 0.29) is 0 Å². The molecule has 0 saturated heterocycles. The van der Waals surface area contributed by atoms with Crippen LogP contribution in [0.4, 0.5) is 8.78 Å². The van der Waals surface area contributed by atoms with Crippen LogP contribution in [0.3, 0.4) is 0 Å². The van der Waals surface area contributed by atoms with Gasteiger partial charge in [-0.2, -0.15) is 0 Å². The Kier molecular flexibility index (Phi) is 4.27. The fourth-order valence-corrected chi connectivity index (χ4v) is 2.38. The van der Waals surface area contributed by atoms with E-state index in [1.807, 2.05) is 0 Å². The number of rotatable bonds is 3. The molecule has 1 heterocycles. The monoisotopic (exact) mass is 301 g/mol. The van der Waals surface area contributed by atoms with Crippen LogP contribution in [0.2, 0.25) is 10.0 Å². The van der Waals surface area contributed by atoms with Crippen molar-refractivity contribution in [2.75, 3.05) is 6.54 Å². The summed E-state index contributed by atoms with van der Waals surface area (Å²) in [5.74, 6) is 0. The predicted octanol–water partition coefficient (Wildman–Crippen LogP) is 4.98. The predicted molar refractivity (Wildman–Crippen MR) is 75.4 cm³/mol. The Balaban J connectivity index is 2.42. The highest BCUT2D eigenvalue weighted by atomic mass is 35.5. The molecule has 1 aliphatic heterocycles. The third-order valence-corrected chi connectivity index (χ3v) is 3.26. The van der Waals surface area contributed by atoms with Crippen molar-refractivity contribution in [1.29, 1.82) is 0 Å². The minimum absolute atomic E-state index is 0.418. The fourth-order valence-electron chi connectivity index (χ4n) is 1.87. The first-order valence-electron chi connectivity index (χ1n) is 5.57. The van der Waals surface area contributed by atoms with Gasteiger partial charge in [0.15, 0.2) is 0 Å². The Morgan fingerprint density at radius 1 is 1.26 bits per heavy atom. The third kappa shape index (κ3) is 3.17. The standard InChI is InChI=1S/C14H11Cl2F2N/c1-9-3-2-4-13(19(9)8-14(17)18)11-6-5-10(15)7-12(11)16/h2-7,14H,1,8H2. The van der Waals surface area contributed by atoms with E-state index in [1.54, 1.807) is 36.4 Å². The molecule has 0 saturated carbocycles. The topological polar surface area (TPSA) is 3.24 Å². The van der Waals surface area contributed by atoms with E-state index in [4.69, 9.17) is 23.2 Å². The highest BCUT2D eigenvalue weighted by molar-refractivity contribution is 6.35. The molecule has 0 fully saturated rings. The number of hydrogen-bond donors (Lipinski definition) is 0. The van der Waals surface area contributed by atoms with Gasteiger partial charge in [-0.3, -0.25) is 0 Å². The van der Waals surface area contributed by atoms with Crippen molar-refractivity contribution in [3.05, 3.63) is 64.3 Å². The Morgan fingerprint density at radius 3 is 2.63 bits per heavy atom. The second-order valence-corrected chi connectivity index (χ2v) is 4.87. The second-order valence-electron chi connectivity index (χ2n) is 4.03. The zero-order chi connectivity index (χ0) is 14.0. The van der Waals surface area contributed by atoms with Crippen molar-refractivity contribution in [3.8, 4) is 0 Å². The van der Waals surface area contributed by atoms with Crippen LogP contribution in [-0.4, -0.2) is 17.9 Å². The van der Waals surface area contributed by atoms with Gasteiger partial charge in [-0.1, -0.05) is 35.9 Å². The number of alkyl halides is 2. The molecule has 1 aromatic rings. The van der Waals surface area contributed by atoms with E-state index < -0.39 is 13.0 Å². The average Bonchev–Trinajstić information content (AvgIpc) is 2.32. The molecule has 5 heteroatoms. The average molecular weight is 302 g/mol. The Hall–Kier alpha value is -1.32. The van der Waals surface area contributed by atoms with Crippen molar-refractivity contribution >= 4 is 28.9 Å². The molecule has 1 nitrogen and oxygen atoms in total. The number of hydrogen-bond acceptors (Lipinski definition) is 1. The van der Waals surface area contributed by atoms with E-state index in [0.29, 0.717) is 27.0 Å². The van der Waals surface area contributed by atoms with Crippen molar-refractivity contribution in [3.63, 3.8) is 0 Å². The molecule has 0 radical (unpaired) electrons. The van der Waals surface area contributed by atoms with E-state index >= 15 is 0 Å². The van der Waals surface area contributed by atoms with Crippen molar-refractivity contribution in [2.24, 2.45) is 0 Å². The summed E-state index contributed by atoms with van der Waals surface area (Å²) in [5.41, 5.74) is 1.75. The SMILES string of the molecule is C=C1C=CC=C(c2ccc(Cl)cc2Cl)N1CC(F)F. The van der Waals surface area contributed by atoms with Gasteiger partial charge in [-0.05, 0) is 30.4 Å². The zero-order valence-electron chi connectivity index (χ0n) is 9.91. The smallest absolute Gasteiger partial charge is 0.256 e. The van der Waals surface area contributed by atoms with Crippen LogP contribution in [0.25, 0.3) is 5.70 Å². The zero-order valence-corrected chi connectivity index (χ0v) is 11.4. The second kappa shape index (κ2) is 5.76. The molecule has 2 rings (SSSR count). The van der Waals surface area contributed by atoms with E-state index in [1.165, 1.54) is 4.90 Å². The van der Waals surface area contributed by atoms with Gasteiger partial charge in [-0.25, -0.2) is 8.78 Å². The van der Waals surface area contributed by atoms with Gasteiger partial charge < -0.3 is 4.90 Å². The molecule has 1 aliphatic rings. The number of benzene rings is 1. The lowest BCUT2D eigenvalue weighted by Gasteiger charge is -2.30. The van der Waals surface area contributed by atoms with Crippen molar-refractivity contribution < 1.29 is 8.78 Å². The summed E-state index contributed by atoms with van der Waals surface area (Å²) >= 11 is 12.0. The summed E-state index contributed by atoms with van der Waals surface area (Å²) in [5, 5.41) is 0.918. The molecule has 0 spiro atoms. The largest absolute Gasteiger partial charge is 0.336 e. The minimum Gasteiger partial charge on any atom is -0.336 e. The van der Waals surface area contributed by atoms with E-state index in [2.05, 4.69) is 6.58 Å². The van der Waals surface area contributed by atoms with Gasteiger partial charge in [0.05, 0.1) is 17.3 Å². The molecule has 0 amide bonds. The summed E-state index contributed by atoms with van der Waals surface area (Å²) in [6, 6.07) is 4.97. The number of nitrogens with zero attached hydrogens (tertiary/aromatic N) is 1. The van der Waals surface area contributed by atoms with Crippen molar-refractivity contribution in [2.45, 2.75) is 6.43 Å². The summed E-state index contributed by atoms with van der Waals surface area (Å²) in [4.78, 5) is 1.44. The van der Waals surface area contributed by atoms with E-state index in [0.717, 1.165) is 0 Å². The lowest BCUT2D eigenvalue weighted by Crippen LogP contribution is -2.27. The molecule has 0 bridgehead atoms.